The van der Waals surface area contributed by atoms with Crippen molar-refractivity contribution in [1.29, 1.82) is 5.26 Å². The van der Waals surface area contributed by atoms with E-state index in [1.165, 1.54) is 82.6 Å². The van der Waals surface area contributed by atoms with Gasteiger partial charge in [0.1, 0.15) is 5.75 Å². The number of carbonyl (C=O) groups is 1. The van der Waals surface area contributed by atoms with Gasteiger partial charge in [-0.2, -0.15) is 5.26 Å². The summed E-state index contributed by atoms with van der Waals surface area (Å²) in [5.74, 6) is 1.48. The van der Waals surface area contributed by atoms with Crippen molar-refractivity contribution in [3.8, 4) is 23.1 Å². The molecule has 1 fully saturated rings. The fourth-order valence-corrected chi connectivity index (χ4v) is 5.17. The summed E-state index contributed by atoms with van der Waals surface area (Å²) in [6, 6.07) is 13.7. The number of rotatable bonds is 13. The number of nitriles is 1. The van der Waals surface area contributed by atoms with Crippen molar-refractivity contribution >= 4 is 5.97 Å². The number of hydrogen-bond donors (Lipinski definition) is 0. The predicted octanol–water partition coefficient (Wildman–Crippen LogP) is 9.01. The SMILES string of the molecule is CCCCCCCCCC1CCC(c2ccc(-c3ccc(OC(=O)C(C)(C#N)CC)cc3)nc2)CC1. The highest BCUT2D eigenvalue weighted by Gasteiger charge is 2.33. The highest BCUT2D eigenvalue weighted by atomic mass is 16.5. The minimum absolute atomic E-state index is 0.414. The van der Waals surface area contributed by atoms with E-state index in [9.17, 15) is 10.1 Å². The van der Waals surface area contributed by atoms with E-state index in [4.69, 9.17) is 9.72 Å². The van der Waals surface area contributed by atoms with Crippen molar-refractivity contribution in [2.75, 3.05) is 0 Å². The Morgan fingerprint density at radius 1 is 0.972 bits per heavy atom. The minimum Gasteiger partial charge on any atom is -0.425 e. The maximum atomic E-state index is 12.3. The third-order valence-electron chi connectivity index (χ3n) is 8.09. The van der Waals surface area contributed by atoms with Crippen LogP contribution in [0.25, 0.3) is 11.3 Å². The summed E-state index contributed by atoms with van der Waals surface area (Å²) in [5.41, 5.74) is 2.13. The number of ether oxygens (including phenoxy) is 1. The molecule has 0 aliphatic heterocycles. The molecule has 1 aliphatic rings. The van der Waals surface area contributed by atoms with E-state index < -0.39 is 11.4 Å². The summed E-state index contributed by atoms with van der Waals surface area (Å²) >= 11 is 0. The molecule has 0 spiro atoms. The molecular formula is C32H44N2O2. The quantitative estimate of drug-likeness (QED) is 0.160. The van der Waals surface area contributed by atoms with E-state index in [1.54, 1.807) is 19.1 Å². The van der Waals surface area contributed by atoms with E-state index in [2.05, 4.69) is 25.1 Å². The number of carbonyl (C=O) groups excluding carboxylic acids is 1. The van der Waals surface area contributed by atoms with Gasteiger partial charge in [-0.3, -0.25) is 4.98 Å². The highest BCUT2D eigenvalue weighted by Crippen LogP contribution is 2.38. The molecule has 36 heavy (non-hydrogen) atoms. The monoisotopic (exact) mass is 488 g/mol. The van der Waals surface area contributed by atoms with Crippen molar-refractivity contribution in [2.24, 2.45) is 11.3 Å². The van der Waals surface area contributed by atoms with Crippen LogP contribution in [0.15, 0.2) is 42.6 Å². The zero-order valence-corrected chi connectivity index (χ0v) is 22.6. The lowest BCUT2D eigenvalue weighted by atomic mass is 9.77. The molecule has 0 saturated heterocycles. The zero-order chi connectivity index (χ0) is 25.8. The van der Waals surface area contributed by atoms with Crippen molar-refractivity contribution in [2.45, 2.75) is 110 Å². The van der Waals surface area contributed by atoms with Crippen LogP contribution in [0.2, 0.25) is 0 Å². The fourth-order valence-electron chi connectivity index (χ4n) is 5.17. The van der Waals surface area contributed by atoms with Gasteiger partial charge < -0.3 is 4.74 Å². The van der Waals surface area contributed by atoms with Crippen LogP contribution in [-0.4, -0.2) is 11.0 Å². The first-order chi connectivity index (χ1) is 17.5. The molecule has 0 amide bonds. The maximum absolute atomic E-state index is 12.3. The Balaban J connectivity index is 1.44. The van der Waals surface area contributed by atoms with Gasteiger partial charge in [-0.1, -0.05) is 71.3 Å². The van der Waals surface area contributed by atoms with Gasteiger partial charge in [-0.15, -0.1) is 0 Å². The molecular weight excluding hydrogens is 444 g/mol. The van der Waals surface area contributed by atoms with Gasteiger partial charge in [-0.05, 0) is 86.8 Å². The summed E-state index contributed by atoms with van der Waals surface area (Å²) in [6.45, 7) is 5.70. The standard InChI is InChI=1S/C32H44N2O2/c1-4-6-7-8-9-10-11-12-25-13-15-26(16-14-25)28-19-22-30(34-23-28)27-17-20-29(21-18-27)36-31(35)32(3,5-2)24-33/h17-23,25-26H,4-16H2,1-3H3. The summed E-state index contributed by atoms with van der Waals surface area (Å²) in [7, 11) is 0. The molecule has 1 unspecified atom stereocenters. The number of aromatic nitrogens is 1. The molecule has 194 valence electrons. The lowest BCUT2D eigenvalue weighted by Crippen LogP contribution is -2.29. The van der Waals surface area contributed by atoms with Crippen LogP contribution in [0.1, 0.15) is 116 Å². The molecule has 1 saturated carbocycles. The van der Waals surface area contributed by atoms with E-state index in [0.717, 1.165) is 17.2 Å². The number of esters is 1. The number of unbranched alkanes of at least 4 members (excludes halogenated alkanes) is 6. The number of hydrogen-bond acceptors (Lipinski definition) is 4. The van der Waals surface area contributed by atoms with Gasteiger partial charge in [0.15, 0.2) is 5.41 Å². The van der Waals surface area contributed by atoms with Crippen LogP contribution < -0.4 is 4.74 Å². The van der Waals surface area contributed by atoms with Crippen molar-refractivity contribution < 1.29 is 9.53 Å². The largest absolute Gasteiger partial charge is 0.425 e. The summed E-state index contributed by atoms with van der Waals surface area (Å²) in [5, 5.41) is 9.27. The first kappa shape index (κ1) is 27.9. The van der Waals surface area contributed by atoms with Crippen LogP contribution >= 0.6 is 0 Å². The molecule has 1 atom stereocenters. The molecule has 1 aliphatic carbocycles. The third-order valence-corrected chi connectivity index (χ3v) is 8.09. The normalized spacial score (nSPS) is 19.3. The highest BCUT2D eigenvalue weighted by molar-refractivity contribution is 5.81. The molecule has 0 bridgehead atoms. The Bertz CT molecular complexity index is 969. The number of nitrogens with zero attached hydrogens (tertiary/aromatic N) is 2. The molecule has 1 aromatic carbocycles. The summed E-state index contributed by atoms with van der Waals surface area (Å²) < 4.78 is 5.43. The van der Waals surface area contributed by atoms with Crippen LogP contribution in [0.4, 0.5) is 0 Å². The van der Waals surface area contributed by atoms with Crippen molar-refractivity contribution in [3.05, 3.63) is 48.2 Å². The average molecular weight is 489 g/mol. The van der Waals surface area contributed by atoms with Crippen LogP contribution in [0.3, 0.4) is 0 Å². The fraction of sp³-hybridized carbons (Fsp3) is 0.594. The lowest BCUT2D eigenvalue weighted by molar-refractivity contribution is -0.141. The van der Waals surface area contributed by atoms with E-state index >= 15 is 0 Å². The van der Waals surface area contributed by atoms with Crippen LogP contribution in [-0.2, 0) is 4.79 Å². The van der Waals surface area contributed by atoms with Gasteiger partial charge in [0.2, 0.25) is 0 Å². The van der Waals surface area contributed by atoms with E-state index in [1.807, 2.05) is 25.3 Å². The molecule has 3 rings (SSSR count). The van der Waals surface area contributed by atoms with E-state index in [0.29, 0.717) is 18.1 Å². The Kier molecular flexibility index (Phi) is 11.0. The second kappa shape index (κ2) is 14.2. The first-order valence-corrected chi connectivity index (χ1v) is 14.2. The van der Waals surface area contributed by atoms with Gasteiger partial charge in [0.25, 0.3) is 0 Å². The molecule has 4 heteroatoms. The number of benzene rings is 1. The van der Waals surface area contributed by atoms with Gasteiger partial charge >= 0.3 is 5.97 Å². The molecule has 0 radical (unpaired) electrons. The van der Waals surface area contributed by atoms with Crippen molar-refractivity contribution in [1.82, 2.24) is 4.98 Å². The summed E-state index contributed by atoms with van der Waals surface area (Å²) in [6.07, 6.45) is 18.9. The Hall–Kier alpha value is -2.67. The molecule has 0 N–H and O–H groups in total. The Morgan fingerprint density at radius 3 is 2.22 bits per heavy atom. The van der Waals surface area contributed by atoms with Gasteiger partial charge in [0.05, 0.1) is 11.8 Å². The van der Waals surface area contributed by atoms with Gasteiger partial charge in [0, 0.05) is 11.8 Å². The lowest BCUT2D eigenvalue weighted by Gasteiger charge is -2.28. The Morgan fingerprint density at radius 2 is 1.64 bits per heavy atom. The first-order valence-electron chi connectivity index (χ1n) is 14.2. The Labute approximate surface area is 218 Å². The average Bonchev–Trinajstić information content (AvgIpc) is 2.93. The van der Waals surface area contributed by atoms with Gasteiger partial charge in [-0.25, -0.2) is 4.79 Å². The minimum atomic E-state index is -1.12. The van der Waals surface area contributed by atoms with Crippen LogP contribution in [0, 0.1) is 22.7 Å². The van der Waals surface area contributed by atoms with E-state index in [-0.39, 0.29) is 0 Å². The smallest absolute Gasteiger partial charge is 0.331 e. The second-order valence-electron chi connectivity index (χ2n) is 10.8. The molecule has 1 heterocycles. The molecule has 2 aromatic rings. The predicted molar refractivity (Wildman–Crippen MR) is 147 cm³/mol. The van der Waals surface area contributed by atoms with Crippen molar-refractivity contribution in [3.63, 3.8) is 0 Å². The summed E-state index contributed by atoms with van der Waals surface area (Å²) in [4.78, 5) is 17.1. The maximum Gasteiger partial charge on any atom is 0.331 e. The third kappa shape index (κ3) is 7.92. The van der Waals surface area contributed by atoms with Crippen LogP contribution in [0.5, 0.6) is 5.75 Å². The topological polar surface area (TPSA) is 63.0 Å². The molecule has 4 nitrogen and oxygen atoms in total. The zero-order valence-electron chi connectivity index (χ0n) is 22.6. The second-order valence-corrected chi connectivity index (χ2v) is 10.8. The molecule has 1 aromatic heterocycles. The number of pyridine rings is 1.